The van der Waals surface area contributed by atoms with E-state index in [9.17, 15) is 9.59 Å². The number of hydrogen-bond donors (Lipinski definition) is 2. The second-order valence-electron chi connectivity index (χ2n) is 5.08. The van der Waals surface area contributed by atoms with Crippen LogP contribution in [-0.4, -0.2) is 46.7 Å². The summed E-state index contributed by atoms with van der Waals surface area (Å²) < 4.78 is 6.08. The summed E-state index contributed by atoms with van der Waals surface area (Å²) >= 11 is 0. The molecule has 0 unspecified atom stereocenters. The van der Waals surface area contributed by atoms with Gasteiger partial charge in [0, 0.05) is 25.3 Å². The van der Waals surface area contributed by atoms with Gasteiger partial charge in [0.25, 0.3) is 11.5 Å². The number of methoxy groups -OCH3 is 1. The standard InChI is InChI=1S/C13H21N3O4/c1-13(2,6-8-17)14-12(19)10-4-5-11(18)16(15-10)7-9-20-3/h4-5,17H,6-9H2,1-3H3,(H,14,19). The number of carbonyl (C=O) groups excluding carboxylic acids is 1. The van der Waals surface area contributed by atoms with Crippen LogP contribution in [0.4, 0.5) is 0 Å². The van der Waals surface area contributed by atoms with Crippen LogP contribution in [0.1, 0.15) is 30.8 Å². The van der Waals surface area contributed by atoms with Crippen LogP contribution in [0.2, 0.25) is 0 Å². The zero-order valence-corrected chi connectivity index (χ0v) is 12.0. The first kappa shape index (κ1) is 16.3. The van der Waals surface area contributed by atoms with Crippen LogP contribution in [0.25, 0.3) is 0 Å². The third-order valence-corrected chi connectivity index (χ3v) is 2.80. The molecule has 1 heterocycles. The van der Waals surface area contributed by atoms with Crippen molar-refractivity contribution in [2.75, 3.05) is 20.3 Å². The first-order valence-corrected chi connectivity index (χ1v) is 6.40. The highest BCUT2D eigenvalue weighted by Crippen LogP contribution is 2.08. The number of nitrogens with zero attached hydrogens (tertiary/aromatic N) is 2. The van der Waals surface area contributed by atoms with E-state index in [1.165, 1.54) is 23.9 Å². The van der Waals surface area contributed by atoms with Gasteiger partial charge in [-0.15, -0.1) is 0 Å². The average Bonchev–Trinajstić information content (AvgIpc) is 2.37. The number of rotatable bonds is 7. The molecule has 0 aromatic carbocycles. The lowest BCUT2D eigenvalue weighted by molar-refractivity contribution is 0.0890. The van der Waals surface area contributed by atoms with Crippen molar-refractivity contribution in [1.82, 2.24) is 15.1 Å². The fourth-order valence-electron chi connectivity index (χ4n) is 1.62. The van der Waals surface area contributed by atoms with E-state index in [1.807, 2.05) is 13.8 Å². The van der Waals surface area contributed by atoms with E-state index in [2.05, 4.69) is 10.4 Å². The summed E-state index contributed by atoms with van der Waals surface area (Å²) in [5.41, 5.74) is -0.666. The molecule has 0 saturated carbocycles. The van der Waals surface area contributed by atoms with E-state index >= 15 is 0 Å². The third-order valence-electron chi connectivity index (χ3n) is 2.80. The predicted octanol–water partition coefficient (Wildman–Crippen LogP) is -0.219. The maximum Gasteiger partial charge on any atom is 0.272 e. The van der Waals surface area contributed by atoms with Crippen LogP contribution < -0.4 is 10.9 Å². The number of aromatic nitrogens is 2. The van der Waals surface area contributed by atoms with Crippen LogP contribution in [0.3, 0.4) is 0 Å². The van der Waals surface area contributed by atoms with Gasteiger partial charge in [0.2, 0.25) is 0 Å². The molecule has 1 amide bonds. The highest BCUT2D eigenvalue weighted by Gasteiger charge is 2.21. The lowest BCUT2D eigenvalue weighted by atomic mass is 10.0. The molecule has 0 aliphatic heterocycles. The summed E-state index contributed by atoms with van der Waals surface area (Å²) in [4.78, 5) is 23.6. The number of ether oxygens (including phenoxy) is 1. The average molecular weight is 283 g/mol. The van der Waals surface area contributed by atoms with Crippen LogP contribution >= 0.6 is 0 Å². The normalized spacial score (nSPS) is 11.4. The van der Waals surface area contributed by atoms with Crippen LogP contribution in [0, 0.1) is 0 Å². The summed E-state index contributed by atoms with van der Waals surface area (Å²) in [6.07, 6.45) is 0.433. The summed E-state index contributed by atoms with van der Waals surface area (Å²) in [6, 6.07) is 2.69. The molecular weight excluding hydrogens is 262 g/mol. The smallest absolute Gasteiger partial charge is 0.272 e. The van der Waals surface area contributed by atoms with Gasteiger partial charge in [0.1, 0.15) is 5.69 Å². The molecule has 7 nitrogen and oxygen atoms in total. The molecule has 1 aromatic heterocycles. The predicted molar refractivity (Wildman–Crippen MR) is 73.6 cm³/mol. The van der Waals surface area contributed by atoms with Gasteiger partial charge in [-0.1, -0.05) is 0 Å². The van der Waals surface area contributed by atoms with Crippen molar-refractivity contribution in [2.45, 2.75) is 32.4 Å². The number of nitrogens with one attached hydrogen (secondary N) is 1. The SMILES string of the molecule is COCCn1nc(C(=O)NC(C)(C)CCO)ccc1=O. The Balaban J connectivity index is 2.85. The second-order valence-corrected chi connectivity index (χ2v) is 5.08. The first-order chi connectivity index (χ1) is 9.39. The van der Waals surface area contributed by atoms with Gasteiger partial charge in [-0.2, -0.15) is 5.10 Å². The summed E-state index contributed by atoms with van der Waals surface area (Å²) in [7, 11) is 1.53. The van der Waals surface area contributed by atoms with Gasteiger partial charge >= 0.3 is 0 Å². The van der Waals surface area contributed by atoms with Crippen molar-refractivity contribution in [3.05, 3.63) is 28.2 Å². The van der Waals surface area contributed by atoms with Crippen LogP contribution in [-0.2, 0) is 11.3 Å². The molecule has 0 radical (unpaired) electrons. The summed E-state index contributed by atoms with van der Waals surface area (Å²) in [5, 5.41) is 15.7. The van der Waals surface area contributed by atoms with Gasteiger partial charge < -0.3 is 15.2 Å². The van der Waals surface area contributed by atoms with Crippen molar-refractivity contribution in [3.63, 3.8) is 0 Å². The minimum atomic E-state index is -0.541. The Morgan fingerprint density at radius 2 is 2.20 bits per heavy atom. The molecule has 1 rings (SSSR count). The maximum atomic E-state index is 12.1. The fourth-order valence-corrected chi connectivity index (χ4v) is 1.62. The third kappa shape index (κ3) is 4.75. The number of hydrogen-bond acceptors (Lipinski definition) is 5. The van der Waals surface area contributed by atoms with E-state index in [0.29, 0.717) is 13.0 Å². The van der Waals surface area contributed by atoms with Crippen molar-refractivity contribution < 1.29 is 14.6 Å². The second kappa shape index (κ2) is 7.16. The highest BCUT2D eigenvalue weighted by atomic mass is 16.5. The Morgan fingerprint density at radius 1 is 1.50 bits per heavy atom. The minimum Gasteiger partial charge on any atom is -0.396 e. The van der Waals surface area contributed by atoms with Crippen LogP contribution in [0.15, 0.2) is 16.9 Å². The van der Waals surface area contributed by atoms with E-state index in [-0.39, 0.29) is 30.3 Å². The molecule has 0 bridgehead atoms. The molecule has 0 saturated heterocycles. The number of aliphatic hydroxyl groups excluding tert-OH is 1. The van der Waals surface area contributed by atoms with E-state index in [0.717, 1.165) is 0 Å². The van der Waals surface area contributed by atoms with Crippen molar-refractivity contribution in [1.29, 1.82) is 0 Å². The molecule has 2 N–H and O–H groups in total. The van der Waals surface area contributed by atoms with Crippen molar-refractivity contribution in [2.24, 2.45) is 0 Å². The Bertz CT molecular complexity index is 511. The lowest BCUT2D eigenvalue weighted by Crippen LogP contribution is -2.44. The van der Waals surface area contributed by atoms with Gasteiger partial charge in [0.15, 0.2) is 0 Å². The topological polar surface area (TPSA) is 93.5 Å². The quantitative estimate of drug-likeness (QED) is 0.721. The highest BCUT2D eigenvalue weighted by molar-refractivity contribution is 5.92. The minimum absolute atomic E-state index is 0.0198. The van der Waals surface area contributed by atoms with Crippen molar-refractivity contribution in [3.8, 4) is 0 Å². The van der Waals surface area contributed by atoms with Gasteiger partial charge in [0.05, 0.1) is 13.2 Å². The zero-order valence-electron chi connectivity index (χ0n) is 12.0. The lowest BCUT2D eigenvalue weighted by Gasteiger charge is -2.25. The van der Waals surface area contributed by atoms with E-state index in [4.69, 9.17) is 9.84 Å². The Morgan fingerprint density at radius 3 is 2.80 bits per heavy atom. The Kier molecular flexibility index (Phi) is 5.84. The van der Waals surface area contributed by atoms with Gasteiger partial charge in [-0.25, -0.2) is 4.68 Å². The Hall–Kier alpha value is -1.73. The van der Waals surface area contributed by atoms with Crippen LogP contribution in [0.5, 0.6) is 0 Å². The summed E-state index contributed by atoms with van der Waals surface area (Å²) in [5.74, 6) is -0.380. The molecule has 0 fully saturated rings. The molecule has 0 spiro atoms. The number of amides is 1. The van der Waals surface area contributed by atoms with Gasteiger partial charge in [-0.05, 0) is 26.3 Å². The zero-order chi connectivity index (χ0) is 15.2. The molecule has 0 atom stereocenters. The van der Waals surface area contributed by atoms with Gasteiger partial charge in [-0.3, -0.25) is 9.59 Å². The molecule has 0 aliphatic carbocycles. The van der Waals surface area contributed by atoms with E-state index in [1.54, 1.807) is 0 Å². The molecular formula is C13H21N3O4. The molecule has 0 aliphatic rings. The largest absolute Gasteiger partial charge is 0.396 e. The fraction of sp³-hybridized carbons (Fsp3) is 0.615. The molecule has 1 aromatic rings. The number of carbonyl (C=O) groups is 1. The molecule has 112 valence electrons. The van der Waals surface area contributed by atoms with E-state index < -0.39 is 5.54 Å². The molecule has 7 heteroatoms. The first-order valence-electron chi connectivity index (χ1n) is 6.40. The Labute approximate surface area is 117 Å². The maximum absolute atomic E-state index is 12.1. The number of aliphatic hydroxyl groups is 1. The van der Waals surface area contributed by atoms with Crippen molar-refractivity contribution >= 4 is 5.91 Å². The molecule has 20 heavy (non-hydrogen) atoms. The summed E-state index contributed by atoms with van der Waals surface area (Å²) in [6.45, 7) is 4.22. The monoisotopic (exact) mass is 283 g/mol.